The SMILES string of the molecule is CCCOCCOC(=O)C1=C(C)NC2=C(C(=O)C(C(=O)OC)C(C)C2)C1c1ccc(OC)c(O)c1. The molecule has 0 radical (unpaired) electrons. The molecule has 2 N–H and O–H groups in total. The van der Waals surface area contributed by atoms with Gasteiger partial charge >= 0.3 is 11.9 Å². The van der Waals surface area contributed by atoms with E-state index in [1.54, 1.807) is 19.1 Å². The van der Waals surface area contributed by atoms with Crippen molar-refractivity contribution in [2.75, 3.05) is 34.0 Å². The third-order valence-corrected chi connectivity index (χ3v) is 6.31. The minimum absolute atomic E-state index is 0.0534. The number of aromatic hydroxyl groups is 1. The molecule has 0 aromatic heterocycles. The van der Waals surface area contributed by atoms with Crippen LogP contribution in [0.4, 0.5) is 0 Å². The first-order valence-electron chi connectivity index (χ1n) is 11.7. The molecule has 0 amide bonds. The zero-order valence-corrected chi connectivity index (χ0v) is 20.8. The summed E-state index contributed by atoms with van der Waals surface area (Å²) in [6.45, 7) is 6.41. The highest BCUT2D eigenvalue weighted by Gasteiger charge is 2.47. The molecule has 0 saturated carbocycles. The van der Waals surface area contributed by atoms with Crippen molar-refractivity contribution >= 4 is 17.7 Å². The summed E-state index contributed by atoms with van der Waals surface area (Å²) in [5.41, 5.74) is 2.21. The number of benzene rings is 1. The number of Topliss-reactive ketones (excluding diaryl/α,β-unsaturated/α-hetero) is 1. The first kappa shape index (κ1) is 26.3. The monoisotopic (exact) mass is 487 g/mol. The molecule has 9 heteroatoms. The van der Waals surface area contributed by atoms with Gasteiger partial charge in [-0.15, -0.1) is 0 Å². The van der Waals surface area contributed by atoms with Crippen LogP contribution in [0, 0.1) is 11.8 Å². The predicted octanol–water partition coefficient (Wildman–Crippen LogP) is 2.98. The summed E-state index contributed by atoms with van der Waals surface area (Å²) in [5.74, 6) is -3.65. The second kappa shape index (κ2) is 11.4. The highest BCUT2D eigenvalue weighted by atomic mass is 16.6. The molecule has 1 aromatic carbocycles. The molecule has 1 heterocycles. The van der Waals surface area contributed by atoms with E-state index in [9.17, 15) is 19.5 Å². The smallest absolute Gasteiger partial charge is 0.336 e. The van der Waals surface area contributed by atoms with Gasteiger partial charge in [0.25, 0.3) is 0 Å². The Balaban J connectivity index is 2.06. The van der Waals surface area contributed by atoms with E-state index in [1.165, 1.54) is 20.3 Å². The third-order valence-electron chi connectivity index (χ3n) is 6.31. The Hall–Kier alpha value is -3.33. The number of rotatable bonds is 9. The fraction of sp³-hybridized carbons (Fsp3) is 0.500. The maximum absolute atomic E-state index is 13.7. The van der Waals surface area contributed by atoms with Crippen molar-refractivity contribution in [3.8, 4) is 11.5 Å². The standard InChI is InChI=1S/C26H33NO8/c1-6-9-34-10-11-35-26(31)21-15(3)27-17-12-14(2)20(25(30)33-5)24(29)23(17)22(21)16-7-8-19(32-4)18(28)13-16/h7-8,13-14,20,22,27-28H,6,9-12H2,1-5H3. The van der Waals surface area contributed by atoms with Gasteiger partial charge in [0, 0.05) is 29.5 Å². The normalized spacial score (nSPS) is 21.9. The van der Waals surface area contributed by atoms with E-state index >= 15 is 0 Å². The Bertz CT molecular complexity index is 1060. The average molecular weight is 488 g/mol. The molecule has 0 spiro atoms. The molecule has 3 atom stereocenters. The molecule has 2 aliphatic rings. The Labute approximate surface area is 205 Å². The number of dihydropyridines is 1. The van der Waals surface area contributed by atoms with E-state index in [-0.39, 0.29) is 36.2 Å². The fourth-order valence-corrected chi connectivity index (χ4v) is 4.69. The number of carbonyl (C=O) groups is 3. The van der Waals surface area contributed by atoms with Gasteiger partial charge < -0.3 is 29.4 Å². The lowest BCUT2D eigenvalue weighted by Gasteiger charge is -2.38. The van der Waals surface area contributed by atoms with Gasteiger partial charge in [0.1, 0.15) is 12.5 Å². The lowest BCUT2D eigenvalue weighted by Crippen LogP contribution is -2.43. The number of hydrogen-bond acceptors (Lipinski definition) is 9. The molecule has 3 unspecified atom stereocenters. The van der Waals surface area contributed by atoms with Crippen molar-refractivity contribution in [3.05, 3.63) is 46.3 Å². The van der Waals surface area contributed by atoms with Crippen LogP contribution in [0.1, 0.15) is 45.1 Å². The summed E-state index contributed by atoms with van der Waals surface area (Å²) in [6.07, 6.45) is 1.27. The van der Waals surface area contributed by atoms with Crippen LogP contribution in [0.5, 0.6) is 11.5 Å². The van der Waals surface area contributed by atoms with Gasteiger partial charge in [-0.2, -0.15) is 0 Å². The molecule has 0 bridgehead atoms. The van der Waals surface area contributed by atoms with Crippen molar-refractivity contribution in [1.29, 1.82) is 0 Å². The molecule has 1 aliphatic heterocycles. The Morgan fingerprint density at radius 3 is 2.54 bits per heavy atom. The zero-order chi connectivity index (χ0) is 25.7. The van der Waals surface area contributed by atoms with E-state index in [0.29, 0.717) is 35.6 Å². The highest BCUT2D eigenvalue weighted by molar-refractivity contribution is 6.12. The van der Waals surface area contributed by atoms with Crippen LogP contribution in [0.25, 0.3) is 0 Å². The summed E-state index contributed by atoms with van der Waals surface area (Å²) in [6, 6.07) is 4.71. The molecule has 1 aliphatic carbocycles. The van der Waals surface area contributed by atoms with Crippen molar-refractivity contribution in [1.82, 2.24) is 5.32 Å². The quantitative estimate of drug-likeness (QED) is 0.308. The van der Waals surface area contributed by atoms with Crippen LogP contribution < -0.4 is 10.1 Å². The number of allylic oxidation sites excluding steroid dienone is 3. The van der Waals surface area contributed by atoms with E-state index in [0.717, 1.165) is 6.42 Å². The van der Waals surface area contributed by atoms with Crippen molar-refractivity contribution in [3.63, 3.8) is 0 Å². The van der Waals surface area contributed by atoms with Crippen LogP contribution in [0.3, 0.4) is 0 Å². The Morgan fingerprint density at radius 1 is 1.17 bits per heavy atom. The highest BCUT2D eigenvalue weighted by Crippen LogP contribution is 2.46. The number of hydrogen-bond donors (Lipinski definition) is 2. The van der Waals surface area contributed by atoms with Crippen LogP contribution in [-0.2, 0) is 28.6 Å². The van der Waals surface area contributed by atoms with E-state index < -0.39 is 29.6 Å². The molecule has 190 valence electrons. The lowest BCUT2D eigenvalue weighted by molar-refractivity contribution is -0.151. The second-order valence-corrected chi connectivity index (χ2v) is 8.71. The van der Waals surface area contributed by atoms with Gasteiger partial charge in [0.15, 0.2) is 17.3 Å². The van der Waals surface area contributed by atoms with Gasteiger partial charge in [-0.25, -0.2) is 4.79 Å². The van der Waals surface area contributed by atoms with Crippen LogP contribution in [0.2, 0.25) is 0 Å². The van der Waals surface area contributed by atoms with Crippen LogP contribution in [0.15, 0.2) is 40.7 Å². The molecule has 9 nitrogen and oxygen atoms in total. The lowest BCUT2D eigenvalue weighted by atomic mass is 9.69. The first-order chi connectivity index (χ1) is 16.7. The molecule has 3 rings (SSSR count). The summed E-state index contributed by atoms with van der Waals surface area (Å²) >= 11 is 0. The largest absolute Gasteiger partial charge is 0.504 e. The zero-order valence-electron chi connectivity index (χ0n) is 20.8. The number of esters is 2. The van der Waals surface area contributed by atoms with E-state index in [1.807, 2.05) is 13.8 Å². The first-order valence-corrected chi connectivity index (χ1v) is 11.7. The van der Waals surface area contributed by atoms with Gasteiger partial charge in [-0.1, -0.05) is 19.9 Å². The van der Waals surface area contributed by atoms with Crippen molar-refractivity contribution in [2.24, 2.45) is 11.8 Å². The average Bonchev–Trinajstić information content (AvgIpc) is 2.82. The fourth-order valence-electron chi connectivity index (χ4n) is 4.69. The second-order valence-electron chi connectivity index (χ2n) is 8.71. The van der Waals surface area contributed by atoms with Crippen molar-refractivity contribution in [2.45, 2.75) is 39.5 Å². The summed E-state index contributed by atoms with van der Waals surface area (Å²) in [7, 11) is 2.68. The molecule has 0 saturated heterocycles. The summed E-state index contributed by atoms with van der Waals surface area (Å²) in [4.78, 5) is 39.4. The number of phenols is 1. The number of ketones is 1. The number of nitrogens with one attached hydrogen (secondary N) is 1. The van der Waals surface area contributed by atoms with E-state index in [2.05, 4.69) is 5.32 Å². The minimum atomic E-state index is -0.993. The summed E-state index contributed by atoms with van der Waals surface area (Å²) < 4.78 is 20.9. The predicted molar refractivity (Wildman–Crippen MR) is 127 cm³/mol. The van der Waals surface area contributed by atoms with Gasteiger partial charge in [0.2, 0.25) is 0 Å². The molecule has 0 fully saturated rings. The van der Waals surface area contributed by atoms with E-state index in [4.69, 9.17) is 18.9 Å². The van der Waals surface area contributed by atoms with Gasteiger partial charge in [0.05, 0.1) is 26.4 Å². The van der Waals surface area contributed by atoms with Crippen molar-refractivity contribution < 1.29 is 38.4 Å². The molecular weight excluding hydrogens is 454 g/mol. The molecule has 35 heavy (non-hydrogen) atoms. The third kappa shape index (κ3) is 5.35. The van der Waals surface area contributed by atoms with Gasteiger partial charge in [-0.3, -0.25) is 9.59 Å². The number of phenolic OH excluding ortho intramolecular Hbond substituents is 1. The van der Waals surface area contributed by atoms with Crippen LogP contribution in [-0.4, -0.2) is 56.9 Å². The molecular formula is C26H33NO8. The number of carbonyl (C=O) groups excluding carboxylic acids is 3. The Morgan fingerprint density at radius 2 is 1.91 bits per heavy atom. The van der Waals surface area contributed by atoms with Crippen LogP contribution >= 0.6 is 0 Å². The maximum atomic E-state index is 13.7. The number of methoxy groups -OCH3 is 2. The molecule has 1 aromatic rings. The summed E-state index contributed by atoms with van der Waals surface area (Å²) in [5, 5.41) is 13.7. The maximum Gasteiger partial charge on any atom is 0.336 e. The van der Waals surface area contributed by atoms with Gasteiger partial charge in [-0.05, 0) is 43.4 Å². The minimum Gasteiger partial charge on any atom is -0.504 e. The number of ether oxygens (including phenoxy) is 4. The topological polar surface area (TPSA) is 120 Å². The Kier molecular flexibility index (Phi) is 8.56.